The first-order chi connectivity index (χ1) is 13.3. The summed E-state index contributed by atoms with van der Waals surface area (Å²) in [6, 6.07) is -1.04. The summed E-state index contributed by atoms with van der Waals surface area (Å²) in [6.45, 7) is 2.64. The predicted octanol–water partition coefficient (Wildman–Crippen LogP) is 1.17. The van der Waals surface area contributed by atoms with Crippen LogP contribution >= 0.6 is 0 Å². The molecule has 0 bridgehead atoms. The normalized spacial score (nSPS) is 36.5. The summed E-state index contributed by atoms with van der Waals surface area (Å²) in [7, 11) is 0. The summed E-state index contributed by atoms with van der Waals surface area (Å²) in [4.78, 5) is 22.8. The quantitative estimate of drug-likeness (QED) is 0.666. The third-order valence-corrected chi connectivity index (χ3v) is 3.14. The van der Waals surface area contributed by atoms with Crippen LogP contribution in [0.3, 0.4) is 0 Å². The molecule has 0 radical (unpaired) electrons. The Morgan fingerprint density at radius 2 is 2.48 bits per heavy atom. The third-order valence-electron chi connectivity index (χ3n) is 3.14. The molecular weight excluding hydrogens is 294 g/mol. The molecule has 7 nitrogen and oxygen atoms in total. The second kappa shape index (κ2) is 6.70. The number of anilines is 1. The first-order valence-electron chi connectivity index (χ1n) is 10.8. The minimum absolute atomic E-state index is 0.122. The van der Waals surface area contributed by atoms with Crippen LogP contribution in [0.4, 0.5) is 5.95 Å². The van der Waals surface area contributed by atoms with Gasteiger partial charge in [-0.2, -0.15) is 0 Å². The number of carbonyl (C=O) groups excluding carboxylic acids is 1. The highest BCUT2D eigenvalue weighted by atomic mass is 16.3. The number of carbonyl (C=O) groups is 1. The third kappa shape index (κ3) is 4.79. The smallest absolute Gasteiger partial charge is 0.254 e. The maximum absolute atomic E-state index is 11.8. The number of H-pyrrole nitrogens is 1. The largest absolute Gasteiger partial charge is 0.393 e. The number of amides is 1. The van der Waals surface area contributed by atoms with Crippen LogP contribution in [0.1, 0.15) is 66.8 Å². The van der Waals surface area contributed by atoms with E-state index in [-0.39, 0.29) is 17.0 Å². The highest BCUT2D eigenvalue weighted by Crippen LogP contribution is 2.25. The molecule has 7 heteroatoms. The maximum Gasteiger partial charge on any atom is 0.254 e. The van der Waals surface area contributed by atoms with Crippen molar-refractivity contribution in [2.45, 2.75) is 64.5 Å². The standard InChI is InChI=1S/C16H27N5O2/c1-9-5-6-10(7-12(9)22)19-14-11(13(17)23)8-18-15(20-14)21-16(2,3)4/h8-10,12,22H,5-7H2,1-4H3,(H2,17,23)(H2,18,19,20,21)/i1D3,5D2,8D,12D. The van der Waals surface area contributed by atoms with E-state index in [0.717, 1.165) is 0 Å². The van der Waals surface area contributed by atoms with Crippen LogP contribution in [-0.4, -0.2) is 38.6 Å². The molecule has 5 N–H and O–H groups in total. The van der Waals surface area contributed by atoms with Crippen molar-refractivity contribution < 1.29 is 19.5 Å². The molecule has 0 aliphatic heterocycles. The highest BCUT2D eigenvalue weighted by molar-refractivity contribution is 5.92. The Bertz CT molecular complexity index is 871. The van der Waals surface area contributed by atoms with Gasteiger partial charge in [0.25, 0.3) is 5.91 Å². The van der Waals surface area contributed by atoms with Crippen molar-refractivity contribution in [1.29, 1.82) is 0 Å². The number of hydrogen-bond acceptors (Lipinski definition) is 5. The number of nitrogens with one attached hydrogen (secondary N) is 2. The van der Waals surface area contributed by atoms with Gasteiger partial charge in [-0.25, -0.2) is 4.98 Å². The topological polar surface area (TPSA) is 116 Å². The van der Waals surface area contributed by atoms with Crippen LogP contribution in [0.25, 0.3) is 0 Å². The van der Waals surface area contributed by atoms with E-state index in [1.54, 1.807) is 0 Å². The molecule has 1 aliphatic carbocycles. The van der Waals surface area contributed by atoms with E-state index in [0.29, 0.717) is 0 Å². The number of rotatable bonds is 3. The summed E-state index contributed by atoms with van der Waals surface area (Å²) in [5.41, 5.74) is 4.42. The van der Waals surface area contributed by atoms with Crippen molar-refractivity contribution in [2.75, 3.05) is 5.32 Å². The monoisotopic (exact) mass is 328 g/mol. The molecule has 23 heavy (non-hydrogen) atoms. The lowest BCUT2D eigenvalue weighted by Crippen LogP contribution is -2.34. The number of primary amides is 1. The average molecular weight is 328 g/mol. The van der Waals surface area contributed by atoms with Crippen LogP contribution in [0, 0.1) is 5.92 Å². The minimum atomic E-state index is -2.88. The summed E-state index contributed by atoms with van der Waals surface area (Å²) < 4.78 is 54.9. The Labute approximate surface area is 146 Å². The molecule has 2 rings (SSSR count). The maximum atomic E-state index is 11.8. The number of nitrogens with zero attached hydrogens (tertiary/aromatic N) is 2. The van der Waals surface area contributed by atoms with Gasteiger partial charge < -0.3 is 21.1 Å². The van der Waals surface area contributed by atoms with E-state index in [1.165, 1.54) is 0 Å². The second-order valence-electron chi connectivity index (χ2n) is 6.48. The lowest BCUT2D eigenvalue weighted by Gasteiger charge is -2.28. The van der Waals surface area contributed by atoms with E-state index in [9.17, 15) is 9.90 Å². The van der Waals surface area contributed by atoms with Crippen molar-refractivity contribution >= 4 is 11.9 Å². The van der Waals surface area contributed by atoms with Gasteiger partial charge in [-0.15, -0.1) is 0 Å². The fourth-order valence-electron chi connectivity index (χ4n) is 2.13. The fraction of sp³-hybridized carbons (Fsp3) is 0.688. The van der Waals surface area contributed by atoms with Crippen LogP contribution in [-0.2, 0) is 0 Å². The van der Waals surface area contributed by atoms with Crippen molar-refractivity contribution in [3.05, 3.63) is 17.2 Å². The summed E-state index contributed by atoms with van der Waals surface area (Å²) in [5.74, 6) is -2.78. The SMILES string of the molecule is [2H]c1nc(NC(C)(C)C)[nH]c(=NC2CC([2H])([2H])C(C([2H])([2H])[2H])C([2H])(O)C2)c1C(N)=O. The zero-order valence-corrected chi connectivity index (χ0v) is 13.4. The van der Waals surface area contributed by atoms with Gasteiger partial charge in [-0.1, -0.05) is 6.85 Å². The average Bonchev–Trinajstić information content (AvgIpc) is 2.38. The second-order valence-corrected chi connectivity index (χ2v) is 6.48. The Balaban J connectivity index is 2.58. The van der Waals surface area contributed by atoms with E-state index in [4.69, 9.17) is 15.3 Å². The molecule has 0 aromatic carbocycles. The molecule has 128 valence electrons. The van der Waals surface area contributed by atoms with Crippen LogP contribution < -0.4 is 16.5 Å². The van der Waals surface area contributed by atoms with Gasteiger partial charge in [0.15, 0.2) is 0 Å². The molecule has 0 spiro atoms. The number of nitrogens with two attached hydrogens (primary N) is 1. The van der Waals surface area contributed by atoms with E-state index < -0.39 is 61.7 Å². The van der Waals surface area contributed by atoms with Crippen LogP contribution in [0.2, 0.25) is 0 Å². The number of hydrogen-bond donors (Lipinski definition) is 4. The molecule has 1 amide bonds. The Morgan fingerprint density at radius 1 is 1.74 bits per heavy atom. The molecule has 3 atom stereocenters. The zero-order valence-electron chi connectivity index (χ0n) is 20.4. The van der Waals surface area contributed by atoms with Crippen molar-refractivity contribution in [3.63, 3.8) is 0 Å². The Hall–Kier alpha value is -1.89. The van der Waals surface area contributed by atoms with Crippen molar-refractivity contribution in [2.24, 2.45) is 16.6 Å². The van der Waals surface area contributed by atoms with Gasteiger partial charge in [0, 0.05) is 18.6 Å². The van der Waals surface area contributed by atoms with Gasteiger partial charge in [0.05, 0.1) is 20.4 Å². The lowest BCUT2D eigenvalue weighted by molar-refractivity contribution is 0.0704. The van der Waals surface area contributed by atoms with Crippen molar-refractivity contribution in [1.82, 2.24) is 9.97 Å². The van der Waals surface area contributed by atoms with Gasteiger partial charge in [0.1, 0.15) is 5.49 Å². The Kier molecular flexibility index (Phi) is 2.93. The van der Waals surface area contributed by atoms with Gasteiger partial charge in [-0.05, 0) is 45.9 Å². The first kappa shape index (κ1) is 10.1. The van der Waals surface area contributed by atoms with E-state index >= 15 is 0 Å². The van der Waals surface area contributed by atoms with Gasteiger partial charge >= 0.3 is 0 Å². The molecular formula is C16H27N5O2. The van der Waals surface area contributed by atoms with E-state index in [1.807, 2.05) is 20.8 Å². The van der Waals surface area contributed by atoms with E-state index in [2.05, 4.69) is 20.3 Å². The molecule has 0 saturated heterocycles. The van der Waals surface area contributed by atoms with Crippen LogP contribution in [0.15, 0.2) is 11.2 Å². The first-order valence-corrected chi connectivity index (χ1v) is 7.29. The summed E-state index contributed by atoms with van der Waals surface area (Å²) in [5, 5.41) is 13.4. The molecule has 1 aromatic heterocycles. The lowest BCUT2D eigenvalue weighted by atomic mass is 9.85. The fourth-order valence-corrected chi connectivity index (χ4v) is 2.13. The molecule has 1 heterocycles. The Morgan fingerprint density at radius 3 is 3.04 bits per heavy atom. The summed E-state index contributed by atoms with van der Waals surface area (Å²) >= 11 is 0. The minimum Gasteiger partial charge on any atom is -0.393 e. The molecule has 3 unspecified atom stereocenters. The predicted molar refractivity (Wildman–Crippen MR) is 88.9 cm³/mol. The molecule has 1 fully saturated rings. The van der Waals surface area contributed by atoms with Gasteiger partial charge in [0.2, 0.25) is 5.95 Å². The highest BCUT2D eigenvalue weighted by Gasteiger charge is 2.26. The summed E-state index contributed by atoms with van der Waals surface area (Å²) in [6.07, 6.45) is -6.37. The van der Waals surface area contributed by atoms with Crippen LogP contribution in [0.5, 0.6) is 0 Å². The number of aromatic nitrogens is 2. The molecule has 1 aromatic rings. The molecule has 1 saturated carbocycles. The van der Waals surface area contributed by atoms with Gasteiger partial charge in [-0.3, -0.25) is 9.79 Å². The zero-order chi connectivity index (χ0) is 23.3. The van der Waals surface area contributed by atoms with Crippen molar-refractivity contribution in [3.8, 4) is 0 Å². The number of aliphatic hydroxyl groups is 1. The molecule has 1 aliphatic rings. The number of aromatic amines is 1.